The molecule has 1 aromatic heterocycles. The Kier molecular flexibility index (Phi) is 3.74. The Labute approximate surface area is 101 Å². The molecule has 1 saturated heterocycles. The Bertz CT molecular complexity index is 356. The number of nitrogens with zero attached hydrogens (tertiary/aromatic N) is 1. The molecule has 1 aliphatic rings. The molecular weight excluding hydrogens is 219 g/mol. The third-order valence-corrected chi connectivity index (χ3v) is 3.48. The molecule has 4 heteroatoms. The molecule has 1 aromatic rings. The van der Waals surface area contributed by atoms with Crippen LogP contribution in [-0.2, 0) is 5.60 Å². The number of hydrogen-bond donors (Lipinski definition) is 2. The molecule has 0 aliphatic carbocycles. The fraction of sp³-hybridized carbons (Fsp3) is 0.615. The van der Waals surface area contributed by atoms with Crippen LogP contribution in [0.2, 0.25) is 0 Å². The monoisotopic (exact) mass is 238 g/mol. The Morgan fingerprint density at radius 2 is 2.24 bits per heavy atom. The quantitative estimate of drug-likeness (QED) is 0.828. The van der Waals surface area contributed by atoms with Crippen LogP contribution in [-0.4, -0.2) is 22.7 Å². The molecule has 3 nitrogen and oxygen atoms in total. The Morgan fingerprint density at radius 3 is 2.94 bits per heavy atom. The van der Waals surface area contributed by atoms with Gasteiger partial charge in [-0.25, -0.2) is 4.39 Å². The van der Waals surface area contributed by atoms with Gasteiger partial charge >= 0.3 is 0 Å². The Hall–Kier alpha value is -1.00. The first-order chi connectivity index (χ1) is 8.10. The number of aliphatic hydroxyl groups is 1. The van der Waals surface area contributed by atoms with Gasteiger partial charge in [-0.1, -0.05) is 12.8 Å². The lowest BCUT2D eigenvalue weighted by molar-refractivity contribution is 0.00944. The summed E-state index contributed by atoms with van der Waals surface area (Å²) in [5, 5.41) is 13.9. The van der Waals surface area contributed by atoms with Crippen LogP contribution in [0.25, 0.3) is 0 Å². The third kappa shape index (κ3) is 2.82. The molecule has 17 heavy (non-hydrogen) atoms. The maximum absolute atomic E-state index is 12.8. The SMILES string of the molecule is CC(O)(c1ccc(F)cn1)C1CCCCCN1. The summed E-state index contributed by atoms with van der Waals surface area (Å²) < 4.78 is 12.8. The Balaban J connectivity index is 2.18. The van der Waals surface area contributed by atoms with Crippen LogP contribution in [0.1, 0.15) is 38.3 Å². The van der Waals surface area contributed by atoms with E-state index in [1.165, 1.54) is 12.5 Å². The molecule has 0 saturated carbocycles. The van der Waals surface area contributed by atoms with Crippen LogP contribution < -0.4 is 5.32 Å². The highest BCUT2D eigenvalue weighted by Crippen LogP contribution is 2.27. The lowest BCUT2D eigenvalue weighted by atomic mass is 9.89. The molecule has 2 heterocycles. The van der Waals surface area contributed by atoms with E-state index in [1.807, 2.05) is 0 Å². The summed E-state index contributed by atoms with van der Waals surface area (Å²) in [4.78, 5) is 3.99. The molecule has 2 unspecified atom stereocenters. The van der Waals surface area contributed by atoms with Crippen molar-refractivity contribution in [2.24, 2.45) is 0 Å². The molecule has 0 spiro atoms. The lowest BCUT2D eigenvalue weighted by Crippen LogP contribution is -2.46. The van der Waals surface area contributed by atoms with Crippen molar-refractivity contribution >= 4 is 0 Å². The van der Waals surface area contributed by atoms with Gasteiger partial charge in [0, 0.05) is 6.04 Å². The van der Waals surface area contributed by atoms with Crippen molar-refractivity contribution in [3.05, 3.63) is 29.8 Å². The van der Waals surface area contributed by atoms with E-state index in [2.05, 4.69) is 10.3 Å². The van der Waals surface area contributed by atoms with Gasteiger partial charge in [0.1, 0.15) is 11.4 Å². The number of pyridine rings is 1. The van der Waals surface area contributed by atoms with E-state index in [0.717, 1.165) is 32.0 Å². The van der Waals surface area contributed by atoms with E-state index in [1.54, 1.807) is 13.0 Å². The zero-order valence-corrected chi connectivity index (χ0v) is 10.1. The summed E-state index contributed by atoms with van der Waals surface area (Å²) in [6, 6.07) is 2.89. The third-order valence-electron chi connectivity index (χ3n) is 3.48. The first-order valence-corrected chi connectivity index (χ1v) is 6.18. The fourth-order valence-corrected chi connectivity index (χ4v) is 2.36. The van der Waals surface area contributed by atoms with E-state index in [0.29, 0.717) is 5.69 Å². The highest BCUT2D eigenvalue weighted by molar-refractivity contribution is 5.15. The highest BCUT2D eigenvalue weighted by atomic mass is 19.1. The summed E-state index contributed by atoms with van der Waals surface area (Å²) in [5.74, 6) is -0.377. The summed E-state index contributed by atoms with van der Waals surface area (Å²) in [5.41, 5.74) is -0.517. The smallest absolute Gasteiger partial charge is 0.141 e. The van der Waals surface area contributed by atoms with Gasteiger partial charge in [-0.05, 0) is 38.4 Å². The van der Waals surface area contributed by atoms with Gasteiger partial charge in [0.15, 0.2) is 0 Å². The normalized spacial score (nSPS) is 25.0. The summed E-state index contributed by atoms with van der Waals surface area (Å²) in [6.07, 6.45) is 5.52. The van der Waals surface area contributed by atoms with Crippen molar-refractivity contribution < 1.29 is 9.50 Å². The van der Waals surface area contributed by atoms with Crippen molar-refractivity contribution in [2.75, 3.05) is 6.54 Å². The minimum atomic E-state index is -1.04. The van der Waals surface area contributed by atoms with E-state index in [4.69, 9.17) is 0 Å². The van der Waals surface area contributed by atoms with Gasteiger partial charge in [0.05, 0.1) is 11.9 Å². The first kappa shape index (κ1) is 12.5. The summed E-state index contributed by atoms with van der Waals surface area (Å²) >= 11 is 0. The van der Waals surface area contributed by atoms with Crippen molar-refractivity contribution in [1.29, 1.82) is 0 Å². The molecule has 0 amide bonds. The van der Waals surface area contributed by atoms with Crippen LogP contribution >= 0.6 is 0 Å². The van der Waals surface area contributed by atoms with Crippen LogP contribution in [0, 0.1) is 5.82 Å². The molecule has 2 N–H and O–H groups in total. The van der Waals surface area contributed by atoms with Gasteiger partial charge < -0.3 is 10.4 Å². The van der Waals surface area contributed by atoms with E-state index < -0.39 is 5.60 Å². The van der Waals surface area contributed by atoms with Crippen LogP contribution in [0.15, 0.2) is 18.3 Å². The molecule has 2 rings (SSSR count). The maximum atomic E-state index is 12.8. The average Bonchev–Trinajstić information content (AvgIpc) is 2.58. The molecule has 0 aromatic carbocycles. The summed E-state index contributed by atoms with van der Waals surface area (Å²) in [6.45, 7) is 2.66. The van der Waals surface area contributed by atoms with Crippen LogP contribution in [0.5, 0.6) is 0 Å². The summed E-state index contributed by atoms with van der Waals surface area (Å²) in [7, 11) is 0. The van der Waals surface area contributed by atoms with Crippen molar-refractivity contribution in [2.45, 2.75) is 44.2 Å². The second kappa shape index (κ2) is 5.10. The predicted molar refractivity (Wildman–Crippen MR) is 64.0 cm³/mol. The number of hydrogen-bond acceptors (Lipinski definition) is 3. The molecule has 2 atom stereocenters. The van der Waals surface area contributed by atoms with E-state index in [-0.39, 0.29) is 11.9 Å². The predicted octanol–water partition coefficient (Wildman–Crippen LogP) is 1.96. The van der Waals surface area contributed by atoms with Crippen LogP contribution in [0.3, 0.4) is 0 Å². The zero-order valence-electron chi connectivity index (χ0n) is 10.1. The molecule has 94 valence electrons. The second-order valence-corrected chi connectivity index (χ2v) is 4.87. The van der Waals surface area contributed by atoms with Gasteiger partial charge in [-0.15, -0.1) is 0 Å². The topological polar surface area (TPSA) is 45.2 Å². The molecular formula is C13H19FN2O. The first-order valence-electron chi connectivity index (χ1n) is 6.18. The van der Waals surface area contributed by atoms with Gasteiger partial charge in [0.25, 0.3) is 0 Å². The minimum Gasteiger partial charge on any atom is -0.382 e. The number of rotatable bonds is 2. The molecule has 1 aliphatic heterocycles. The van der Waals surface area contributed by atoms with Crippen molar-refractivity contribution in [3.8, 4) is 0 Å². The fourth-order valence-electron chi connectivity index (χ4n) is 2.36. The molecule has 0 radical (unpaired) electrons. The van der Waals surface area contributed by atoms with E-state index >= 15 is 0 Å². The highest BCUT2D eigenvalue weighted by Gasteiger charge is 2.34. The second-order valence-electron chi connectivity index (χ2n) is 4.87. The zero-order chi connectivity index (χ0) is 12.3. The standard InChI is InChI=1S/C13H19FN2O/c1-13(17,11-5-3-2-4-8-15-11)12-7-6-10(14)9-16-12/h6-7,9,11,15,17H,2-5,8H2,1H3. The van der Waals surface area contributed by atoms with Gasteiger partial charge in [-0.3, -0.25) is 4.98 Å². The number of halogens is 1. The van der Waals surface area contributed by atoms with Gasteiger partial charge in [0.2, 0.25) is 0 Å². The van der Waals surface area contributed by atoms with Crippen LogP contribution in [0.4, 0.5) is 4.39 Å². The molecule has 1 fully saturated rings. The van der Waals surface area contributed by atoms with Gasteiger partial charge in [-0.2, -0.15) is 0 Å². The number of aromatic nitrogens is 1. The largest absolute Gasteiger partial charge is 0.382 e. The minimum absolute atomic E-state index is 0.0111. The average molecular weight is 238 g/mol. The Morgan fingerprint density at radius 1 is 1.41 bits per heavy atom. The number of nitrogens with one attached hydrogen (secondary N) is 1. The maximum Gasteiger partial charge on any atom is 0.141 e. The van der Waals surface area contributed by atoms with E-state index in [9.17, 15) is 9.50 Å². The molecule has 0 bridgehead atoms. The van der Waals surface area contributed by atoms with Crippen molar-refractivity contribution in [1.82, 2.24) is 10.3 Å². The van der Waals surface area contributed by atoms with Crippen molar-refractivity contribution in [3.63, 3.8) is 0 Å². The lowest BCUT2D eigenvalue weighted by Gasteiger charge is -2.32.